The number of benzene rings is 1. The Balaban J connectivity index is 1.28. The van der Waals surface area contributed by atoms with Crippen molar-refractivity contribution in [3.8, 4) is 11.6 Å². The molecule has 0 bridgehead atoms. The molecule has 1 aromatic carbocycles. The van der Waals surface area contributed by atoms with Crippen LogP contribution < -0.4 is 9.64 Å². The summed E-state index contributed by atoms with van der Waals surface area (Å²) in [7, 11) is 0. The molecule has 0 N–H and O–H groups in total. The van der Waals surface area contributed by atoms with E-state index in [0.717, 1.165) is 76.1 Å². The highest BCUT2D eigenvalue weighted by atomic mass is 35.5. The molecule has 5 rings (SSSR count). The number of hydrogen-bond donors (Lipinski definition) is 0. The van der Waals surface area contributed by atoms with Gasteiger partial charge in [-0.2, -0.15) is 0 Å². The van der Waals surface area contributed by atoms with Gasteiger partial charge in [-0.1, -0.05) is 17.7 Å². The van der Waals surface area contributed by atoms with Crippen LogP contribution >= 0.6 is 11.6 Å². The third-order valence-corrected chi connectivity index (χ3v) is 6.21. The Morgan fingerprint density at radius 2 is 1.91 bits per heavy atom. The summed E-state index contributed by atoms with van der Waals surface area (Å²) < 4.78 is 11.5. The van der Waals surface area contributed by atoms with E-state index in [-0.39, 0.29) is 5.92 Å². The van der Waals surface area contributed by atoms with Crippen molar-refractivity contribution in [1.29, 1.82) is 0 Å². The van der Waals surface area contributed by atoms with Crippen molar-refractivity contribution in [3.63, 3.8) is 0 Å². The minimum atomic E-state index is 0.238. The topological polar surface area (TPSA) is 76.5 Å². The molecule has 0 radical (unpaired) electrons. The number of hydrogen-bond acceptors (Lipinski definition) is 8. The normalized spacial score (nSPS) is 19.4. The molecule has 9 heteroatoms. The first-order valence-electron chi connectivity index (χ1n) is 11.4. The maximum Gasteiger partial charge on any atom is 0.241 e. The van der Waals surface area contributed by atoms with Crippen LogP contribution in [0.2, 0.25) is 5.02 Å². The van der Waals surface area contributed by atoms with Crippen molar-refractivity contribution >= 4 is 17.5 Å². The first-order valence-corrected chi connectivity index (χ1v) is 11.7. The van der Waals surface area contributed by atoms with E-state index >= 15 is 0 Å². The SMILES string of the molecule is Clc1cccc(Oc2nccnc2C2CCCN(Cc3ccnc(N4CCOCC4)n3)C2)c1. The second-order valence-electron chi connectivity index (χ2n) is 8.33. The Bertz CT molecular complexity index is 1080. The molecule has 2 aliphatic rings. The number of ether oxygens (including phenoxy) is 2. The van der Waals surface area contributed by atoms with E-state index in [4.69, 9.17) is 26.1 Å². The fraction of sp³-hybridized carbons (Fsp3) is 0.417. The van der Waals surface area contributed by atoms with Crippen LogP contribution in [0.4, 0.5) is 5.95 Å². The molecule has 8 nitrogen and oxygen atoms in total. The van der Waals surface area contributed by atoms with Crippen LogP contribution in [0.25, 0.3) is 0 Å². The summed E-state index contributed by atoms with van der Waals surface area (Å²) in [6, 6.07) is 9.35. The van der Waals surface area contributed by atoms with Crippen LogP contribution in [0, 0.1) is 0 Å². The van der Waals surface area contributed by atoms with Gasteiger partial charge in [0.05, 0.1) is 18.9 Å². The maximum atomic E-state index is 6.11. The summed E-state index contributed by atoms with van der Waals surface area (Å²) in [6.45, 7) is 5.79. The third kappa shape index (κ3) is 5.58. The Morgan fingerprint density at radius 1 is 1.03 bits per heavy atom. The monoisotopic (exact) mass is 466 g/mol. The lowest BCUT2D eigenvalue weighted by molar-refractivity contribution is 0.122. The molecular weight excluding hydrogens is 440 g/mol. The summed E-state index contributed by atoms with van der Waals surface area (Å²) in [5.74, 6) is 2.23. The minimum absolute atomic E-state index is 0.238. The molecule has 2 aliphatic heterocycles. The number of nitrogens with zero attached hydrogens (tertiary/aromatic N) is 6. The van der Waals surface area contributed by atoms with Crippen LogP contribution in [0.15, 0.2) is 48.9 Å². The zero-order chi connectivity index (χ0) is 22.5. The highest BCUT2D eigenvalue weighted by Crippen LogP contribution is 2.33. The molecule has 3 aromatic rings. The molecule has 2 aromatic heterocycles. The molecule has 2 fully saturated rings. The largest absolute Gasteiger partial charge is 0.437 e. The van der Waals surface area contributed by atoms with E-state index in [0.29, 0.717) is 16.7 Å². The molecule has 0 aliphatic carbocycles. The standard InChI is InChI=1S/C24H27ClN6O2/c25-19-4-1-5-21(15-19)33-23-22(26-8-9-27-23)18-3-2-10-30(16-18)17-20-6-7-28-24(29-20)31-11-13-32-14-12-31/h1,4-9,15,18H,2-3,10-14,16-17H2. The predicted molar refractivity (Wildman–Crippen MR) is 126 cm³/mol. The van der Waals surface area contributed by atoms with Crippen molar-refractivity contribution in [3.05, 3.63) is 65.3 Å². The van der Waals surface area contributed by atoms with Crippen molar-refractivity contribution in [2.24, 2.45) is 0 Å². The molecule has 172 valence electrons. The molecule has 33 heavy (non-hydrogen) atoms. The van der Waals surface area contributed by atoms with Crippen LogP contribution in [-0.2, 0) is 11.3 Å². The summed E-state index contributed by atoms with van der Waals surface area (Å²) in [4.78, 5) is 23.0. The first kappa shape index (κ1) is 22.0. The quantitative estimate of drug-likeness (QED) is 0.541. The van der Waals surface area contributed by atoms with Crippen molar-refractivity contribution in [2.75, 3.05) is 44.3 Å². The van der Waals surface area contributed by atoms with Gasteiger partial charge in [0.2, 0.25) is 11.8 Å². The van der Waals surface area contributed by atoms with Gasteiger partial charge in [-0.25, -0.2) is 15.0 Å². The van der Waals surface area contributed by atoms with Gasteiger partial charge >= 0.3 is 0 Å². The van der Waals surface area contributed by atoms with Gasteiger partial charge in [0.1, 0.15) is 11.4 Å². The summed E-state index contributed by atoms with van der Waals surface area (Å²) in [6.07, 6.45) is 7.38. The zero-order valence-corrected chi connectivity index (χ0v) is 19.2. The number of aromatic nitrogens is 4. The Kier molecular flexibility index (Phi) is 6.95. The van der Waals surface area contributed by atoms with E-state index in [1.807, 2.05) is 30.5 Å². The van der Waals surface area contributed by atoms with Gasteiger partial charge in [-0.05, 0) is 43.7 Å². The average molecular weight is 467 g/mol. The smallest absolute Gasteiger partial charge is 0.241 e. The Labute approximate surface area is 198 Å². The van der Waals surface area contributed by atoms with Gasteiger partial charge in [-0.15, -0.1) is 0 Å². The van der Waals surface area contributed by atoms with Gasteiger partial charge < -0.3 is 14.4 Å². The van der Waals surface area contributed by atoms with Crippen LogP contribution in [0.5, 0.6) is 11.6 Å². The van der Waals surface area contributed by atoms with Crippen molar-refractivity contribution < 1.29 is 9.47 Å². The molecular formula is C24H27ClN6O2. The van der Waals surface area contributed by atoms with Crippen LogP contribution in [0.1, 0.15) is 30.1 Å². The van der Waals surface area contributed by atoms with Gasteiger partial charge in [-0.3, -0.25) is 9.88 Å². The number of anilines is 1. The van der Waals surface area contributed by atoms with E-state index in [1.54, 1.807) is 18.5 Å². The van der Waals surface area contributed by atoms with Crippen molar-refractivity contribution in [2.45, 2.75) is 25.3 Å². The molecule has 1 atom stereocenters. The van der Waals surface area contributed by atoms with Gasteiger partial charge in [0.25, 0.3) is 0 Å². The molecule has 0 amide bonds. The van der Waals surface area contributed by atoms with E-state index in [9.17, 15) is 0 Å². The lowest BCUT2D eigenvalue weighted by Gasteiger charge is -2.32. The molecule has 1 unspecified atom stereocenters. The third-order valence-electron chi connectivity index (χ3n) is 5.97. The number of piperidine rings is 1. The maximum absolute atomic E-state index is 6.11. The Morgan fingerprint density at radius 3 is 2.79 bits per heavy atom. The highest BCUT2D eigenvalue weighted by Gasteiger charge is 2.26. The number of likely N-dealkylation sites (tertiary alicyclic amines) is 1. The summed E-state index contributed by atoms with van der Waals surface area (Å²) in [5, 5.41) is 0.628. The lowest BCUT2D eigenvalue weighted by Crippen LogP contribution is -2.38. The van der Waals surface area contributed by atoms with Crippen molar-refractivity contribution in [1.82, 2.24) is 24.8 Å². The van der Waals surface area contributed by atoms with Gasteiger partial charge in [0.15, 0.2) is 0 Å². The second-order valence-corrected chi connectivity index (χ2v) is 8.76. The lowest BCUT2D eigenvalue weighted by atomic mass is 9.94. The minimum Gasteiger partial charge on any atom is -0.437 e. The molecule has 0 saturated carbocycles. The predicted octanol–water partition coefficient (Wildman–Crippen LogP) is 3.93. The van der Waals surface area contributed by atoms with Gasteiger partial charge in [0, 0.05) is 55.7 Å². The molecule has 2 saturated heterocycles. The fourth-order valence-electron chi connectivity index (χ4n) is 4.38. The average Bonchev–Trinajstić information content (AvgIpc) is 2.85. The van der Waals surface area contributed by atoms with Crippen LogP contribution in [-0.4, -0.2) is 64.2 Å². The molecule has 0 spiro atoms. The van der Waals surface area contributed by atoms with E-state index in [2.05, 4.69) is 24.8 Å². The second kappa shape index (κ2) is 10.4. The Hall–Kier alpha value is -2.81. The van der Waals surface area contributed by atoms with Crippen LogP contribution in [0.3, 0.4) is 0 Å². The van der Waals surface area contributed by atoms with E-state index in [1.165, 1.54) is 0 Å². The number of rotatable bonds is 6. The summed E-state index contributed by atoms with van der Waals surface area (Å²) in [5.41, 5.74) is 1.92. The molecule has 4 heterocycles. The fourth-order valence-corrected chi connectivity index (χ4v) is 4.56. The zero-order valence-electron chi connectivity index (χ0n) is 18.4. The summed E-state index contributed by atoms with van der Waals surface area (Å²) >= 11 is 6.11. The van der Waals surface area contributed by atoms with E-state index < -0.39 is 0 Å². The highest BCUT2D eigenvalue weighted by molar-refractivity contribution is 6.30. The number of halogens is 1. The number of morpholine rings is 1. The first-order chi connectivity index (χ1) is 16.2.